The van der Waals surface area contributed by atoms with Crippen LogP contribution in [0.25, 0.3) is 11.1 Å². The first-order valence-corrected chi connectivity index (χ1v) is 26.3. The van der Waals surface area contributed by atoms with Crippen LogP contribution in [-0.2, 0) is 45.9 Å². The summed E-state index contributed by atoms with van der Waals surface area (Å²) >= 11 is 0. The van der Waals surface area contributed by atoms with Gasteiger partial charge in [0.05, 0.1) is 66.2 Å². The fourth-order valence-electron chi connectivity index (χ4n) is 9.05. The molecular weight excluding hydrogens is 887 g/mol. The number of aliphatic hydroxyl groups is 2. The molecule has 0 atom stereocenters. The number of rotatable bonds is 24. The summed E-state index contributed by atoms with van der Waals surface area (Å²) in [6, 6.07) is 44.1. The van der Waals surface area contributed by atoms with Gasteiger partial charge >= 0.3 is 15.2 Å². The van der Waals surface area contributed by atoms with Crippen molar-refractivity contribution in [2.75, 3.05) is 62.8 Å². The monoisotopic (exact) mass is 948 g/mol. The highest BCUT2D eigenvalue weighted by Crippen LogP contribution is 2.61. The van der Waals surface area contributed by atoms with Crippen molar-refractivity contribution >= 4 is 49.3 Å². The van der Waals surface area contributed by atoms with Crippen LogP contribution in [0.2, 0.25) is 0 Å². The van der Waals surface area contributed by atoms with Gasteiger partial charge in [0.2, 0.25) is 0 Å². The van der Waals surface area contributed by atoms with E-state index in [1.807, 2.05) is 125 Å². The SMILES string of the molecule is CCOP(=O)(CCC1(CCP(=O)(OCC)OCC)c2cc(N(c3ccc(CO)cc3)c3ccc(CO)cc3)ccc2-c2ccc(N(c3ccc(OC)cc3)c3ccc(OC)cc3)cc21)OCC. The van der Waals surface area contributed by atoms with E-state index < -0.39 is 20.6 Å². The second-order valence-corrected chi connectivity index (χ2v) is 20.5. The van der Waals surface area contributed by atoms with Gasteiger partial charge in [-0.25, -0.2) is 0 Å². The lowest BCUT2D eigenvalue weighted by atomic mass is 9.73. The van der Waals surface area contributed by atoms with Crippen LogP contribution >= 0.6 is 15.2 Å². The zero-order valence-corrected chi connectivity index (χ0v) is 41.0. The van der Waals surface area contributed by atoms with Gasteiger partial charge in [0.25, 0.3) is 0 Å². The van der Waals surface area contributed by atoms with Crippen LogP contribution in [0.4, 0.5) is 34.1 Å². The van der Waals surface area contributed by atoms with Crippen LogP contribution in [0.15, 0.2) is 133 Å². The zero-order chi connectivity index (χ0) is 47.6. The quantitative estimate of drug-likeness (QED) is 0.0559. The number of benzene rings is 6. The molecule has 354 valence electrons. The molecule has 0 amide bonds. The molecule has 0 unspecified atom stereocenters. The van der Waals surface area contributed by atoms with Gasteiger partial charge in [0, 0.05) is 39.5 Å². The standard InChI is InChI=1S/C53H62N2O10P2/c1-7-62-66(58,63-8-2)33-31-53(32-34-67(59,64-9-3)65-10-4)51-35-45(54(41-15-11-39(37-56)12-16-41)42-17-13-40(38-57)14-18-42)23-29-49(51)50-30-24-46(36-52(50)53)55(43-19-25-47(60-5)26-20-43)44-21-27-48(61-6)28-22-44/h11-30,35-36,56-57H,7-10,31-34,37-38H2,1-6H3. The Hall–Kier alpha value is -5.26. The Morgan fingerprint density at radius 2 is 0.746 bits per heavy atom. The Kier molecular flexibility index (Phi) is 16.5. The molecule has 0 radical (unpaired) electrons. The largest absolute Gasteiger partial charge is 0.497 e. The Bertz CT molecular complexity index is 2360. The number of ether oxygens (including phenoxy) is 2. The van der Waals surface area contributed by atoms with E-state index in [-0.39, 0.29) is 52.0 Å². The minimum Gasteiger partial charge on any atom is -0.497 e. The van der Waals surface area contributed by atoms with Gasteiger partial charge in [-0.1, -0.05) is 36.4 Å². The van der Waals surface area contributed by atoms with Crippen molar-refractivity contribution < 1.29 is 46.9 Å². The number of hydrogen-bond donors (Lipinski definition) is 2. The third kappa shape index (κ3) is 10.9. The normalized spacial score (nSPS) is 13.0. The Balaban J connectivity index is 1.50. The number of fused-ring (bicyclic) bond motifs is 3. The first kappa shape index (κ1) is 49.6. The van der Waals surface area contributed by atoms with E-state index in [9.17, 15) is 19.3 Å². The van der Waals surface area contributed by atoms with Gasteiger partial charge < -0.3 is 47.6 Å². The van der Waals surface area contributed by atoms with Crippen molar-refractivity contribution in [1.82, 2.24) is 0 Å². The average molecular weight is 949 g/mol. The van der Waals surface area contributed by atoms with Crippen molar-refractivity contribution in [3.8, 4) is 22.6 Å². The molecule has 0 aromatic heterocycles. The van der Waals surface area contributed by atoms with Crippen LogP contribution < -0.4 is 19.3 Å². The molecule has 6 aromatic rings. The molecule has 0 bridgehead atoms. The molecule has 0 spiro atoms. The van der Waals surface area contributed by atoms with Gasteiger partial charge in [-0.3, -0.25) is 9.13 Å². The summed E-state index contributed by atoms with van der Waals surface area (Å²) < 4.78 is 64.2. The smallest absolute Gasteiger partial charge is 0.330 e. The van der Waals surface area contributed by atoms with Crippen molar-refractivity contribution in [2.24, 2.45) is 0 Å². The molecule has 1 aliphatic rings. The van der Waals surface area contributed by atoms with E-state index in [4.69, 9.17) is 27.6 Å². The minimum atomic E-state index is -3.63. The van der Waals surface area contributed by atoms with E-state index >= 15 is 0 Å². The summed E-state index contributed by atoms with van der Waals surface area (Å²) in [6.07, 6.45) is 0.754. The van der Waals surface area contributed by atoms with E-state index in [1.54, 1.807) is 14.2 Å². The second-order valence-electron chi connectivity index (χ2n) is 16.1. The first-order chi connectivity index (χ1) is 32.5. The molecule has 0 fully saturated rings. The van der Waals surface area contributed by atoms with Crippen LogP contribution in [0.5, 0.6) is 11.5 Å². The molecule has 14 heteroatoms. The highest BCUT2D eigenvalue weighted by molar-refractivity contribution is 7.54. The summed E-state index contributed by atoms with van der Waals surface area (Å²) in [5, 5.41) is 19.9. The molecule has 0 aliphatic heterocycles. The first-order valence-electron chi connectivity index (χ1n) is 22.8. The van der Waals surface area contributed by atoms with Crippen molar-refractivity contribution in [2.45, 2.75) is 59.2 Å². The van der Waals surface area contributed by atoms with E-state index in [1.165, 1.54) is 0 Å². The van der Waals surface area contributed by atoms with Crippen LogP contribution in [0.3, 0.4) is 0 Å². The molecule has 12 nitrogen and oxygen atoms in total. The summed E-state index contributed by atoms with van der Waals surface area (Å²) in [6.45, 7) is 7.85. The van der Waals surface area contributed by atoms with Gasteiger partial charge in [0.15, 0.2) is 0 Å². The fourth-order valence-corrected chi connectivity index (χ4v) is 12.6. The maximum Gasteiger partial charge on any atom is 0.330 e. The molecule has 0 saturated carbocycles. The van der Waals surface area contributed by atoms with E-state index in [0.29, 0.717) is 12.8 Å². The number of aliphatic hydroxyl groups excluding tert-OH is 2. The van der Waals surface area contributed by atoms with Crippen LogP contribution in [0, 0.1) is 0 Å². The lowest BCUT2D eigenvalue weighted by molar-refractivity contribution is 0.215. The maximum atomic E-state index is 14.6. The molecule has 1 aliphatic carbocycles. The van der Waals surface area contributed by atoms with Gasteiger partial charge in [-0.05, 0) is 171 Å². The summed E-state index contributed by atoms with van der Waals surface area (Å²) in [5.74, 6) is 1.45. The van der Waals surface area contributed by atoms with Gasteiger partial charge in [-0.15, -0.1) is 0 Å². The maximum absolute atomic E-state index is 14.6. The Morgan fingerprint density at radius 1 is 0.448 bits per heavy atom. The molecule has 0 heterocycles. The summed E-state index contributed by atoms with van der Waals surface area (Å²) in [5.41, 5.74) is 9.62. The molecule has 6 aromatic carbocycles. The molecule has 7 rings (SSSR count). The molecule has 67 heavy (non-hydrogen) atoms. The lowest BCUT2D eigenvalue weighted by Crippen LogP contribution is -2.29. The fraction of sp³-hybridized carbons (Fsp3) is 0.321. The topological polar surface area (TPSA) is 136 Å². The third-order valence-corrected chi connectivity index (χ3v) is 16.3. The Labute approximate surface area is 395 Å². The molecule has 0 saturated heterocycles. The minimum absolute atomic E-state index is 0.0746. The lowest BCUT2D eigenvalue weighted by Gasteiger charge is -2.36. The highest BCUT2D eigenvalue weighted by atomic mass is 31.2. The van der Waals surface area contributed by atoms with E-state index in [0.717, 1.165) is 79.0 Å². The van der Waals surface area contributed by atoms with Gasteiger partial charge in [-0.2, -0.15) is 0 Å². The summed E-state index contributed by atoms with van der Waals surface area (Å²) in [4.78, 5) is 4.30. The van der Waals surface area contributed by atoms with Crippen molar-refractivity contribution in [3.63, 3.8) is 0 Å². The number of hydrogen-bond acceptors (Lipinski definition) is 12. The summed E-state index contributed by atoms with van der Waals surface area (Å²) in [7, 11) is -3.97. The van der Waals surface area contributed by atoms with Crippen LogP contribution in [0.1, 0.15) is 62.8 Å². The predicted molar refractivity (Wildman–Crippen MR) is 268 cm³/mol. The predicted octanol–water partition coefficient (Wildman–Crippen LogP) is 13.2. The average Bonchev–Trinajstić information content (AvgIpc) is 3.62. The molecule has 2 N–H and O–H groups in total. The second kappa shape index (κ2) is 22.2. The zero-order valence-electron chi connectivity index (χ0n) is 39.2. The van der Waals surface area contributed by atoms with E-state index in [2.05, 4.69) is 46.2 Å². The van der Waals surface area contributed by atoms with Crippen LogP contribution in [-0.4, -0.2) is 63.2 Å². The van der Waals surface area contributed by atoms with Crippen molar-refractivity contribution in [1.29, 1.82) is 0 Å². The highest BCUT2D eigenvalue weighted by Gasteiger charge is 2.47. The Morgan fingerprint density at radius 3 is 1.03 bits per heavy atom. The van der Waals surface area contributed by atoms with Gasteiger partial charge in [0.1, 0.15) is 11.5 Å². The number of anilines is 6. The number of methoxy groups -OCH3 is 2. The third-order valence-electron chi connectivity index (χ3n) is 12.2. The molecular formula is C53H62N2O10P2. The number of nitrogens with zero attached hydrogens (tertiary/aromatic N) is 2. The van der Waals surface area contributed by atoms with Crippen molar-refractivity contribution in [3.05, 3.63) is 156 Å².